The minimum Gasteiger partial charge on any atom is -0.352 e. The SMILES string of the molecule is CCCCCCCCCCCCCCCCCC(=O)Nc1cc(C(=O)NCCCSC)ccc1SCC. The van der Waals surface area contributed by atoms with E-state index >= 15 is 0 Å². The second-order valence-electron chi connectivity index (χ2n) is 9.99. The highest BCUT2D eigenvalue weighted by atomic mass is 32.2. The molecule has 0 saturated carbocycles. The summed E-state index contributed by atoms with van der Waals surface area (Å²) < 4.78 is 0. The average molecular weight is 551 g/mol. The second kappa shape index (κ2) is 23.9. The Labute approximate surface area is 236 Å². The summed E-state index contributed by atoms with van der Waals surface area (Å²) in [5, 5.41) is 6.05. The smallest absolute Gasteiger partial charge is 0.251 e. The molecule has 0 unspecified atom stereocenters. The summed E-state index contributed by atoms with van der Waals surface area (Å²) in [5.41, 5.74) is 1.36. The molecule has 37 heavy (non-hydrogen) atoms. The fourth-order valence-electron chi connectivity index (χ4n) is 4.44. The maximum atomic E-state index is 12.6. The van der Waals surface area contributed by atoms with Crippen LogP contribution in [-0.2, 0) is 4.79 Å². The lowest BCUT2D eigenvalue weighted by molar-refractivity contribution is -0.116. The number of rotatable bonds is 24. The van der Waals surface area contributed by atoms with Gasteiger partial charge in [0.25, 0.3) is 5.91 Å². The molecule has 0 aliphatic heterocycles. The van der Waals surface area contributed by atoms with Crippen molar-refractivity contribution in [2.24, 2.45) is 0 Å². The molecule has 1 aromatic rings. The van der Waals surface area contributed by atoms with Crippen molar-refractivity contribution in [3.63, 3.8) is 0 Å². The van der Waals surface area contributed by atoms with Crippen molar-refractivity contribution in [3.8, 4) is 0 Å². The van der Waals surface area contributed by atoms with Crippen LogP contribution < -0.4 is 10.6 Å². The van der Waals surface area contributed by atoms with E-state index in [4.69, 9.17) is 0 Å². The Hall–Kier alpha value is -1.14. The number of amides is 2. The third-order valence-corrected chi connectivity index (χ3v) is 8.29. The van der Waals surface area contributed by atoms with Crippen molar-refractivity contribution in [2.45, 2.75) is 128 Å². The van der Waals surface area contributed by atoms with Crippen LogP contribution in [0.4, 0.5) is 5.69 Å². The number of nitrogens with one attached hydrogen (secondary N) is 2. The molecule has 212 valence electrons. The van der Waals surface area contributed by atoms with Gasteiger partial charge in [-0.1, -0.05) is 104 Å². The van der Waals surface area contributed by atoms with Crippen LogP contribution in [0.5, 0.6) is 0 Å². The minimum absolute atomic E-state index is 0.0465. The van der Waals surface area contributed by atoms with Crippen LogP contribution in [0.25, 0.3) is 0 Å². The minimum atomic E-state index is -0.0768. The van der Waals surface area contributed by atoms with Crippen LogP contribution >= 0.6 is 23.5 Å². The number of carbonyl (C=O) groups excluding carboxylic acids is 2. The van der Waals surface area contributed by atoms with Gasteiger partial charge in [0.2, 0.25) is 5.91 Å². The van der Waals surface area contributed by atoms with Crippen molar-refractivity contribution >= 4 is 41.0 Å². The van der Waals surface area contributed by atoms with Gasteiger partial charge < -0.3 is 10.6 Å². The summed E-state index contributed by atoms with van der Waals surface area (Å²) in [6.07, 6.45) is 23.4. The summed E-state index contributed by atoms with van der Waals surface area (Å²) in [6, 6.07) is 5.63. The highest BCUT2D eigenvalue weighted by molar-refractivity contribution is 7.99. The van der Waals surface area contributed by atoms with E-state index < -0.39 is 0 Å². The molecule has 1 rings (SSSR count). The molecule has 6 heteroatoms. The molecule has 0 heterocycles. The molecule has 0 fully saturated rings. The van der Waals surface area contributed by atoms with Gasteiger partial charge in [0.05, 0.1) is 5.69 Å². The van der Waals surface area contributed by atoms with Crippen molar-refractivity contribution in [2.75, 3.05) is 29.6 Å². The molecule has 4 nitrogen and oxygen atoms in total. The zero-order chi connectivity index (χ0) is 27.0. The maximum Gasteiger partial charge on any atom is 0.251 e. The Morgan fingerprint density at radius 3 is 1.86 bits per heavy atom. The van der Waals surface area contributed by atoms with Crippen LogP contribution in [0, 0.1) is 0 Å². The summed E-state index contributed by atoms with van der Waals surface area (Å²) in [6.45, 7) is 5.04. The molecule has 0 radical (unpaired) electrons. The van der Waals surface area contributed by atoms with Crippen LogP contribution in [0.3, 0.4) is 0 Å². The predicted molar refractivity (Wildman–Crippen MR) is 166 cm³/mol. The van der Waals surface area contributed by atoms with E-state index in [1.54, 1.807) is 23.5 Å². The molecule has 1 aromatic carbocycles. The molecular weight excluding hydrogens is 496 g/mol. The Kier molecular flexibility index (Phi) is 21.9. The molecular formula is C31H54N2O2S2. The molecule has 2 N–H and O–H groups in total. The average Bonchev–Trinajstić information content (AvgIpc) is 2.90. The Balaban J connectivity index is 2.20. The summed E-state index contributed by atoms with van der Waals surface area (Å²) in [5.74, 6) is 1.92. The fourth-order valence-corrected chi connectivity index (χ4v) is 5.61. The number of hydrogen-bond acceptors (Lipinski definition) is 4. The van der Waals surface area contributed by atoms with Crippen LogP contribution in [0.15, 0.2) is 23.1 Å². The van der Waals surface area contributed by atoms with E-state index in [0.717, 1.165) is 41.4 Å². The van der Waals surface area contributed by atoms with Gasteiger partial charge in [-0.3, -0.25) is 9.59 Å². The fraction of sp³-hybridized carbons (Fsp3) is 0.742. The molecule has 0 saturated heterocycles. The first-order valence-corrected chi connectivity index (χ1v) is 17.3. The Morgan fingerprint density at radius 1 is 0.757 bits per heavy atom. The van der Waals surface area contributed by atoms with E-state index in [1.807, 2.05) is 18.2 Å². The summed E-state index contributed by atoms with van der Waals surface area (Å²) in [4.78, 5) is 26.1. The standard InChI is InChI=1S/C31H54N2O2S2/c1-4-6-7-8-9-10-11-12-13-14-15-16-17-18-19-21-30(34)33-28-26-27(22-23-29(28)37-5-2)31(35)32-24-20-25-36-3/h22-23,26H,4-21,24-25H2,1-3H3,(H,32,35)(H,33,34). The Morgan fingerprint density at radius 2 is 1.32 bits per heavy atom. The zero-order valence-corrected chi connectivity index (χ0v) is 25.6. The van der Waals surface area contributed by atoms with Crippen molar-refractivity contribution in [1.29, 1.82) is 0 Å². The third-order valence-electron chi connectivity index (χ3n) is 6.63. The van der Waals surface area contributed by atoms with E-state index in [1.165, 1.54) is 83.5 Å². The topological polar surface area (TPSA) is 58.2 Å². The van der Waals surface area contributed by atoms with Crippen LogP contribution in [-0.4, -0.2) is 36.1 Å². The lowest BCUT2D eigenvalue weighted by atomic mass is 10.0. The number of anilines is 1. The van der Waals surface area contributed by atoms with E-state index in [-0.39, 0.29) is 11.8 Å². The number of thioether (sulfide) groups is 2. The quantitative estimate of drug-likeness (QED) is 0.0994. The van der Waals surface area contributed by atoms with Gasteiger partial charge in [-0.2, -0.15) is 11.8 Å². The van der Waals surface area contributed by atoms with Crippen molar-refractivity contribution < 1.29 is 9.59 Å². The van der Waals surface area contributed by atoms with Gasteiger partial charge in [0.1, 0.15) is 0 Å². The van der Waals surface area contributed by atoms with Gasteiger partial charge in [0.15, 0.2) is 0 Å². The van der Waals surface area contributed by atoms with Gasteiger partial charge >= 0.3 is 0 Å². The summed E-state index contributed by atoms with van der Waals surface area (Å²) in [7, 11) is 0. The first-order valence-electron chi connectivity index (χ1n) is 15.0. The third kappa shape index (κ3) is 17.9. The van der Waals surface area contributed by atoms with Crippen molar-refractivity contribution in [3.05, 3.63) is 23.8 Å². The molecule has 2 amide bonds. The largest absolute Gasteiger partial charge is 0.352 e. The predicted octanol–water partition coefficient (Wildman–Crippen LogP) is 9.48. The van der Waals surface area contributed by atoms with E-state index in [9.17, 15) is 9.59 Å². The molecule has 0 aliphatic rings. The van der Waals surface area contributed by atoms with Crippen LogP contribution in [0.1, 0.15) is 133 Å². The van der Waals surface area contributed by atoms with Gasteiger partial charge in [-0.15, -0.1) is 11.8 Å². The molecule has 0 aromatic heterocycles. The van der Waals surface area contributed by atoms with Gasteiger partial charge in [0, 0.05) is 23.4 Å². The first-order chi connectivity index (χ1) is 18.1. The number of benzene rings is 1. The number of unbranched alkanes of at least 4 members (excludes halogenated alkanes) is 14. The Bertz CT molecular complexity index is 727. The number of carbonyl (C=O) groups is 2. The monoisotopic (exact) mass is 550 g/mol. The molecule has 0 spiro atoms. The highest BCUT2D eigenvalue weighted by Crippen LogP contribution is 2.28. The van der Waals surface area contributed by atoms with E-state index in [0.29, 0.717) is 18.5 Å². The van der Waals surface area contributed by atoms with E-state index in [2.05, 4.69) is 30.7 Å². The lowest BCUT2D eigenvalue weighted by Gasteiger charge is -2.13. The molecule has 0 bridgehead atoms. The van der Waals surface area contributed by atoms with Gasteiger partial charge in [-0.25, -0.2) is 0 Å². The van der Waals surface area contributed by atoms with Crippen molar-refractivity contribution in [1.82, 2.24) is 5.32 Å². The molecule has 0 aliphatic carbocycles. The normalized spacial score (nSPS) is 11.0. The lowest BCUT2D eigenvalue weighted by Crippen LogP contribution is -2.25. The zero-order valence-electron chi connectivity index (χ0n) is 24.0. The molecule has 0 atom stereocenters. The first kappa shape index (κ1) is 33.9. The second-order valence-corrected chi connectivity index (χ2v) is 12.3. The summed E-state index contributed by atoms with van der Waals surface area (Å²) >= 11 is 3.47. The van der Waals surface area contributed by atoms with Crippen LogP contribution in [0.2, 0.25) is 0 Å². The highest BCUT2D eigenvalue weighted by Gasteiger charge is 2.12. The maximum absolute atomic E-state index is 12.6. The van der Waals surface area contributed by atoms with Gasteiger partial charge in [-0.05, 0) is 48.8 Å². The number of hydrogen-bond donors (Lipinski definition) is 2.